The van der Waals surface area contributed by atoms with Crippen LogP contribution in [0.15, 0.2) is 11.6 Å². The second kappa shape index (κ2) is 9.63. The molecular formula is C29H47ClO2. The summed E-state index contributed by atoms with van der Waals surface area (Å²) in [6.45, 7) is 11.5. The summed E-state index contributed by atoms with van der Waals surface area (Å²) >= 11 is 6.81. The summed E-state index contributed by atoms with van der Waals surface area (Å²) in [6.07, 6.45) is 16.6. The van der Waals surface area contributed by atoms with Crippen molar-refractivity contribution in [2.45, 2.75) is 111 Å². The fraction of sp³-hybridized carbons (Fsp3) is 0.897. The van der Waals surface area contributed by atoms with Crippen LogP contribution in [0.3, 0.4) is 0 Å². The van der Waals surface area contributed by atoms with Gasteiger partial charge in [0, 0.05) is 24.6 Å². The van der Waals surface area contributed by atoms with Crippen LogP contribution in [0, 0.1) is 46.3 Å². The predicted molar refractivity (Wildman–Crippen MR) is 134 cm³/mol. The molecule has 0 aliphatic heterocycles. The van der Waals surface area contributed by atoms with E-state index in [1.807, 2.05) is 0 Å². The number of carbonyl (C=O) groups excluding carboxylic acids is 1. The van der Waals surface area contributed by atoms with E-state index in [0.717, 1.165) is 60.6 Å². The Morgan fingerprint density at radius 3 is 2.59 bits per heavy atom. The highest BCUT2D eigenvalue weighted by Crippen LogP contribution is 2.67. The molecule has 2 nitrogen and oxygen atoms in total. The van der Waals surface area contributed by atoms with Crippen LogP contribution >= 0.6 is 11.6 Å². The largest absolute Gasteiger partial charge is 0.462 e. The highest BCUT2D eigenvalue weighted by molar-refractivity contribution is 6.18. The molecule has 0 N–H and O–H groups in total. The number of hydrogen-bond donors (Lipinski definition) is 0. The predicted octanol–water partition coefficient (Wildman–Crippen LogP) is 8.18. The van der Waals surface area contributed by atoms with Crippen LogP contribution in [0.4, 0.5) is 0 Å². The van der Waals surface area contributed by atoms with E-state index in [2.05, 4.69) is 33.8 Å². The molecule has 3 fully saturated rings. The lowest BCUT2D eigenvalue weighted by molar-refractivity contribution is -0.148. The summed E-state index contributed by atoms with van der Waals surface area (Å²) in [5.74, 6) is 5.58. The SMILES string of the molecule is CC(=O)OC1CCC2(CCl)C(=CCC3C2CCC2(C)C(C(C)CCCC(C)C)CCC32)C1. The van der Waals surface area contributed by atoms with Gasteiger partial charge in [-0.25, -0.2) is 0 Å². The average molecular weight is 463 g/mol. The average Bonchev–Trinajstić information content (AvgIpc) is 3.10. The van der Waals surface area contributed by atoms with Crippen LogP contribution in [0.1, 0.15) is 105 Å². The zero-order chi connectivity index (χ0) is 23.1. The second-order valence-corrected chi connectivity index (χ2v) is 12.9. The first-order valence-corrected chi connectivity index (χ1v) is 14.2. The zero-order valence-electron chi connectivity index (χ0n) is 21.3. The van der Waals surface area contributed by atoms with Crippen molar-refractivity contribution in [2.24, 2.45) is 46.3 Å². The maximum atomic E-state index is 11.5. The standard InChI is InChI=1S/C29H47ClO2/c1-19(2)7-6-8-20(3)25-11-12-26-24-10-9-22-17-23(32-21(4)31)13-16-29(22,18-30)27(24)14-15-28(25,26)5/h9,19-20,23-27H,6-8,10-18H2,1-5H3. The zero-order valence-corrected chi connectivity index (χ0v) is 22.1. The molecule has 4 aliphatic carbocycles. The van der Waals surface area contributed by atoms with Crippen molar-refractivity contribution < 1.29 is 9.53 Å². The number of alkyl halides is 1. The van der Waals surface area contributed by atoms with Gasteiger partial charge in [-0.05, 0) is 85.9 Å². The van der Waals surface area contributed by atoms with E-state index in [9.17, 15) is 4.79 Å². The van der Waals surface area contributed by atoms with Crippen LogP contribution in [-0.4, -0.2) is 18.0 Å². The minimum Gasteiger partial charge on any atom is -0.462 e. The molecular weight excluding hydrogens is 416 g/mol. The molecule has 0 aromatic carbocycles. The van der Waals surface area contributed by atoms with Crippen molar-refractivity contribution in [1.82, 2.24) is 0 Å². The van der Waals surface area contributed by atoms with Crippen LogP contribution in [0.25, 0.3) is 0 Å². The maximum Gasteiger partial charge on any atom is 0.302 e. The minimum absolute atomic E-state index is 0.0584. The lowest BCUT2D eigenvalue weighted by atomic mass is 9.47. The van der Waals surface area contributed by atoms with Gasteiger partial charge in [-0.1, -0.05) is 58.6 Å². The molecule has 0 aromatic rings. The van der Waals surface area contributed by atoms with Gasteiger partial charge in [0.25, 0.3) is 0 Å². The molecule has 4 aliphatic rings. The van der Waals surface area contributed by atoms with Crippen LogP contribution < -0.4 is 0 Å². The van der Waals surface area contributed by atoms with Gasteiger partial charge in [0.05, 0.1) is 0 Å². The van der Waals surface area contributed by atoms with E-state index in [1.54, 1.807) is 0 Å². The molecule has 8 atom stereocenters. The lowest BCUT2D eigenvalue weighted by Crippen LogP contribution is -2.52. The van der Waals surface area contributed by atoms with Gasteiger partial charge in [-0.15, -0.1) is 11.6 Å². The fourth-order valence-corrected chi connectivity index (χ4v) is 9.54. The fourth-order valence-electron chi connectivity index (χ4n) is 9.03. The monoisotopic (exact) mass is 462 g/mol. The van der Waals surface area contributed by atoms with Crippen molar-refractivity contribution in [3.05, 3.63) is 11.6 Å². The molecule has 0 heterocycles. The molecule has 182 valence electrons. The molecule has 32 heavy (non-hydrogen) atoms. The quantitative estimate of drug-likeness (QED) is 0.216. The Morgan fingerprint density at radius 2 is 1.91 bits per heavy atom. The van der Waals surface area contributed by atoms with Crippen LogP contribution in [0.5, 0.6) is 0 Å². The normalized spacial score (nSPS) is 42.0. The first-order valence-electron chi connectivity index (χ1n) is 13.6. The van der Waals surface area contributed by atoms with Crippen molar-refractivity contribution in [3.8, 4) is 0 Å². The molecule has 0 saturated heterocycles. The Morgan fingerprint density at radius 1 is 1.12 bits per heavy atom. The van der Waals surface area contributed by atoms with Crippen LogP contribution in [-0.2, 0) is 9.53 Å². The highest BCUT2D eigenvalue weighted by atomic mass is 35.5. The van der Waals surface area contributed by atoms with Crippen molar-refractivity contribution >= 4 is 17.6 Å². The first-order chi connectivity index (χ1) is 15.2. The minimum atomic E-state index is -0.143. The van der Waals surface area contributed by atoms with E-state index in [0.29, 0.717) is 5.41 Å². The molecule has 3 heteroatoms. The third kappa shape index (κ3) is 4.32. The third-order valence-electron chi connectivity index (χ3n) is 10.6. The molecule has 4 rings (SSSR count). The van der Waals surface area contributed by atoms with Crippen molar-refractivity contribution in [1.29, 1.82) is 0 Å². The smallest absolute Gasteiger partial charge is 0.302 e. The maximum absolute atomic E-state index is 11.5. The van der Waals surface area contributed by atoms with E-state index in [-0.39, 0.29) is 17.5 Å². The molecule has 0 radical (unpaired) electrons. The topological polar surface area (TPSA) is 26.3 Å². The Labute approximate surface area is 202 Å². The van der Waals surface area contributed by atoms with E-state index < -0.39 is 0 Å². The van der Waals surface area contributed by atoms with Gasteiger partial charge >= 0.3 is 5.97 Å². The summed E-state index contributed by atoms with van der Waals surface area (Å²) in [6, 6.07) is 0. The number of esters is 1. The van der Waals surface area contributed by atoms with Gasteiger partial charge < -0.3 is 4.74 Å². The summed E-state index contributed by atoms with van der Waals surface area (Å²) in [5.41, 5.74) is 2.20. The third-order valence-corrected chi connectivity index (χ3v) is 11.0. The molecule has 0 amide bonds. The summed E-state index contributed by atoms with van der Waals surface area (Å²) in [5, 5.41) is 0. The van der Waals surface area contributed by atoms with Gasteiger partial charge in [0.15, 0.2) is 0 Å². The van der Waals surface area contributed by atoms with Gasteiger partial charge in [0.1, 0.15) is 6.10 Å². The molecule has 3 saturated carbocycles. The van der Waals surface area contributed by atoms with Crippen molar-refractivity contribution in [3.63, 3.8) is 0 Å². The molecule has 0 bridgehead atoms. The van der Waals surface area contributed by atoms with Crippen molar-refractivity contribution in [2.75, 3.05) is 5.88 Å². The Kier molecular flexibility index (Phi) is 7.41. The number of allylic oxidation sites excluding steroid dienone is 1. The second-order valence-electron chi connectivity index (χ2n) is 12.6. The number of ether oxygens (including phenoxy) is 1. The summed E-state index contributed by atoms with van der Waals surface area (Å²) in [7, 11) is 0. The molecule has 0 spiro atoms. The number of hydrogen-bond acceptors (Lipinski definition) is 2. The molecule has 0 aromatic heterocycles. The van der Waals surface area contributed by atoms with Gasteiger partial charge in [-0.3, -0.25) is 4.79 Å². The van der Waals surface area contributed by atoms with Crippen LogP contribution in [0.2, 0.25) is 0 Å². The lowest BCUT2D eigenvalue weighted by Gasteiger charge is -2.59. The number of carbonyl (C=O) groups is 1. The molecule has 8 unspecified atom stereocenters. The highest BCUT2D eigenvalue weighted by Gasteiger charge is 2.60. The summed E-state index contributed by atoms with van der Waals surface area (Å²) in [4.78, 5) is 11.5. The Bertz CT molecular complexity index is 714. The Hall–Kier alpha value is -0.500. The Balaban J connectivity index is 1.50. The first kappa shape index (κ1) is 24.6. The van der Waals surface area contributed by atoms with E-state index in [1.165, 1.54) is 63.9 Å². The number of rotatable bonds is 7. The van der Waals surface area contributed by atoms with E-state index >= 15 is 0 Å². The number of fused-ring (bicyclic) bond motifs is 5. The van der Waals surface area contributed by atoms with Gasteiger partial charge in [-0.2, -0.15) is 0 Å². The van der Waals surface area contributed by atoms with E-state index in [4.69, 9.17) is 16.3 Å². The van der Waals surface area contributed by atoms with Gasteiger partial charge in [0.2, 0.25) is 0 Å². The summed E-state index contributed by atoms with van der Waals surface area (Å²) < 4.78 is 5.62. The number of halogens is 1.